The largest absolute Gasteiger partial charge is 0.322 e. The first-order valence-electron chi connectivity index (χ1n) is 6.71. The van der Waals surface area contributed by atoms with Crippen molar-refractivity contribution in [1.29, 1.82) is 0 Å². The minimum atomic E-state index is -0.431. The Labute approximate surface area is 131 Å². The molecule has 0 saturated carbocycles. The smallest absolute Gasteiger partial charge is 0.255 e. The Morgan fingerprint density at radius 3 is 2.73 bits per heavy atom. The molecule has 1 amide bonds. The second-order valence-electron chi connectivity index (χ2n) is 4.80. The molecule has 0 atom stereocenters. The summed E-state index contributed by atoms with van der Waals surface area (Å²) in [5.74, 6) is -0.773. The molecule has 0 aliphatic carbocycles. The van der Waals surface area contributed by atoms with Crippen molar-refractivity contribution in [3.63, 3.8) is 0 Å². The van der Waals surface area contributed by atoms with Crippen LogP contribution in [-0.2, 0) is 0 Å². The van der Waals surface area contributed by atoms with Crippen LogP contribution in [0.1, 0.15) is 15.4 Å². The van der Waals surface area contributed by atoms with E-state index < -0.39 is 5.82 Å². The van der Waals surface area contributed by atoms with Gasteiger partial charge in [-0.3, -0.25) is 4.79 Å². The SMILES string of the molecule is Cc1nc(-c2cccc(NC(=O)c3cccc(F)c3)c2)cs1. The minimum absolute atomic E-state index is 0.287. The highest BCUT2D eigenvalue weighted by atomic mass is 32.1. The Bertz CT molecular complexity index is 829. The normalized spacial score (nSPS) is 10.5. The Morgan fingerprint density at radius 2 is 2.00 bits per heavy atom. The number of nitrogens with one attached hydrogen (secondary N) is 1. The maximum atomic E-state index is 13.2. The van der Waals surface area contributed by atoms with E-state index in [0.29, 0.717) is 5.69 Å². The summed E-state index contributed by atoms with van der Waals surface area (Å²) >= 11 is 1.58. The van der Waals surface area contributed by atoms with Gasteiger partial charge in [0.1, 0.15) is 5.82 Å². The van der Waals surface area contributed by atoms with Gasteiger partial charge in [0.15, 0.2) is 0 Å². The molecular weight excluding hydrogens is 299 g/mol. The second-order valence-corrected chi connectivity index (χ2v) is 5.86. The van der Waals surface area contributed by atoms with E-state index in [4.69, 9.17) is 0 Å². The lowest BCUT2D eigenvalue weighted by Gasteiger charge is -2.07. The molecule has 110 valence electrons. The predicted octanol–water partition coefficient (Wildman–Crippen LogP) is 4.51. The van der Waals surface area contributed by atoms with Crippen LogP contribution in [0.2, 0.25) is 0 Å². The molecule has 0 aliphatic rings. The van der Waals surface area contributed by atoms with Crippen molar-refractivity contribution in [2.45, 2.75) is 6.92 Å². The van der Waals surface area contributed by atoms with E-state index in [9.17, 15) is 9.18 Å². The summed E-state index contributed by atoms with van der Waals surface area (Å²) in [5.41, 5.74) is 2.75. The molecule has 3 nitrogen and oxygen atoms in total. The van der Waals surface area contributed by atoms with E-state index in [1.165, 1.54) is 18.2 Å². The molecule has 0 bridgehead atoms. The number of aromatic nitrogens is 1. The lowest BCUT2D eigenvalue weighted by Crippen LogP contribution is -2.12. The lowest BCUT2D eigenvalue weighted by molar-refractivity contribution is 0.102. The maximum absolute atomic E-state index is 13.2. The Kier molecular flexibility index (Phi) is 3.98. The van der Waals surface area contributed by atoms with Gasteiger partial charge in [0, 0.05) is 22.2 Å². The predicted molar refractivity (Wildman–Crippen MR) is 86.6 cm³/mol. The minimum Gasteiger partial charge on any atom is -0.322 e. The summed E-state index contributed by atoms with van der Waals surface area (Å²) in [7, 11) is 0. The molecule has 0 saturated heterocycles. The van der Waals surface area contributed by atoms with Crippen molar-refractivity contribution < 1.29 is 9.18 Å². The quantitative estimate of drug-likeness (QED) is 0.773. The Balaban J connectivity index is 1.82. The van der Waals surface area contributed by atoms with Crippen LogP contribution < -0.4 is 5.32 Å². The third-order valence-electron chi connectivity index (χ3n) is 3.12. The van der Waals surface area contributed by atoms with Crippen molar-refractivity contribution in [2.24, 2.45) is 0 Å². The third-order valence-corrected chi connectivity index (χ3v) is 3.90. The molecule has 2 aromatic carbocycles. The van der Waals surface area contributed by atoms with Crippen molar-refractivity contribution >= 4 is 22.9 Å². The molecule has 0 unspecified atom stereocenters. The van der Waals surface area contributed by atoms with Crippen molar-refractivity contribution in [1.82, 2.24) is 4.98 Å². The van der Waals surface area contributed by atoms with E-state index in [-0.39, 0.29) is 11.5 Å². The fourth-order valence-electron chi connectivity index (χ4n) is 2.09. The first-order chi connectivity index (χ1) is 10.6. The summed E-state index contributed by atoms with van der Waals surface area (Å²) in [6.45, 7) is 1.95. The van der Waals surface area contributed by atoms with Gasteiger partial charge in [-0.2, -0.15) is 0 Å². The number of hydrogen-bond donors (Lipinski definition) is 1. The zero-order valence-corrected chi connectivity index (χ0v) is 12.7. The number of nitrogens with zero attached hydrogens (tertiary/aromatic N) is 1. The van der Waals surface area contributed by atoms with Gasteiger partial charge >= 0.3 is 0 Å². The van der Waals surface area contributed by atoms with E-state index >= 15 is 0 Å². The van der Waals surface area contributed by atoms with Crippen LogP contribution in [-0.4, -0.2) is 10.9 Å². The van der Waals surface area contributed by atoms with Crippen molar-refractivity contribution in [3.05, 3.63) is 70.3 Å². The highest BCUT2D eigenvalue weighted by molar-refractivity contribution is 7.09. The molecule has 1 aromatic heterocycles. The topological polar surface area (TPSA) is 42.0 Å². The van der Waals surface area contributed by atoms with Gasteiger partial charge in [-0.1, -0.05) is 18.2 Å². The van der Waals surface area contributed by atoms with Crippen LogP contribution in [0.25, 0.3) is 11.3 Å². The number of thiazole rings is 1. The van der Waals surface area contributed by atoms with Gasteiger partial charge in [0.25, 0.3) is 5.91 Å². The summed E-state index contributed by atoms with van der Waals surface area (Å²) < 4.78 is 13.2. The van der Waals surface area contributed by atoms with E-state index in [1.54, 1.807) is 23.5 Å². The van der Waals surface area contributed by atoms with Gasteiger partial charge in [-0.15, -0.1) is 11.3 Å². The number of amides is 1. The molecular formula is C17H13FN2OS. The van der Waals surface area contributed by atoms with Crippen LogP contribution in [0, 0.1) is 12.7 Å². The highest BCUT2D eigenvalue weighted by Gasteiger charge is 2.08. The second kappa shape index (κ2) is 6.07. The molecule has 5 heteroatoms. The number of halogens is 1. The molecule has 22 heavy (non-hydrogen) atoms. The first-order valence-corrected chi connectivity index (χ1v) is 7.59. The standard InChI is InChI=1S/C17H13FN2OS/c1-11-19-16(10-22-11)12-4-3-7-15(9-12)20-17(21)13-5-2-6-14(18)8-13/h2-10H,1H3,(H,20,21). The van der Waals surface area contributed by atoms with Crippen LogP contribution in [0.5, 0.6) is 0 Å². The van der Waals surface area contributed by atoms with E-state index in [2.05, 4.69) is 10.3 Å². The van der Waals surface area contributed by atoms with Gasteiger partial charge < -0.3 is 5.32 Å². The molecule has 1 N–H and O–H groups in total. The number of carbonyl (C=O) groups excluding carboxylic acids is 1. The van der Waals surface area contributed by atoms with Gasteiger partial charge in [0.2, 0.25) is 0 Å². The highest BCUT2D eigenvalue weighted by Crippen LogP contribution is 2.24. The van der Waals surface area contributed by atoms with E-state index in [1.807, 2.05) is 30.5 Å². The molecule has 0 aliphatic heterocycles. The number of anilines is 1. The van der Waals surface area contributed by atoms with E-state index in [0.717, 1.165) is 16.3 Å². The van der Waals surface area contributed by atoms with Crippen LogP contribution in [0.4, 0.5) is 10.1 Å². The number of hydrogen-bond acceptors (Lipinski definition) is 3. The fraction of sp³-hybridized carbons (Fsp3) is 0.0588. The number of aryl methyl sites for hydroxylation is 1. The van der Waals surface area contributed by atoms with Gasteiger partial charge in [0.05, 0.1) is 10.7 Å². The third kappa shape index (κ3) is 3.20. The average Bonchev–Trinajstić information content (AvgIpc) is 2.94. The summed E-state index contributed by atoms with van der Waals surface area (Å²) in [5, 5.41) is 5.74. The molecule has 0 spiro atoms. The monoisotopic (exact) mass is 312 g/mol. The first kappa shape index (κ1) is 14.4. The lowest BCUT2D eigenvalue weighted by atomic mass is 10.1. The number of carbonyl (C=O) groups is 1. The van der Waals surface area contributed by atoms with Crippen LogP contribution in [0.3, 0.4) is 0 Å². The molecule has 3 aromatic rings. The van der Waals surface area contributed by atoms with Crippen LogP contribution >= 0.6 is 11.3 Å². The molecule has 3 rings (SSSR count). The molecule has 0 fully saturated rings. The molecule has 1 heterocycles. The summed E-state index contributed by atoms with van der Waals surface area (Å²) in [4.78, 5) is 16.6. The number of rotatable bonds is 3. The zero-order valence-electron chi connectivity index (χ0n) is 11.8. The summed E-state index contributed by atoms with van der Waals surface area (Å²) in [6, 6.07) is 13.0. The Morgan fingerprint density at radius 1 is 1.18 bits per heavy atom. The Hall–Kier alpha value is -2.53. The van der Waals surface area contributed by atoms with Crippen LogP contribution in [0.15, 0.2) is 53.9 Å². The average molecular weight is 312 g/mol. The van der Waals surface area contributed by atoms with Gasteiger partial charge in [-0.25, -0.2) is 9.37 Å². The maximum Gasteiger partial charge on any atom is 0.255 e. The van der Waals surface area contributed by atoms with Crippen molar-refractivity contribution in [3.8, 4) is 11.3 Å². The number of benzene rings is 2. The van der Waals surface area contributed by atoms with Gasteiger partial charge in [-0.05, 0) is 37.3 Å². The fourth-order valence-corrected chi connectivity index (χ4v) is 2.71. The zero-order chi connectivity index (χ0) is 15.5. The van der Waals surface area contributed by atoms with Crippen molar-refractivity contribution in [2.75, 3.05) is 5.32 Å². The molecule has 0 radical (unpaired) electrons. The summed E-state index contributed by atoms with van der Waals surface area (Å²) in [6.07, 6.45) is 0.